The number of esters is 1. The van der Waals surface area contributed by atoms with E-state index in [1.165, 1.54) is 11.8 Å². The highest BCUT2D eigenvalue weighted by molar-refractivity contribution is 8.03. The molecule has 0 aliphatic carbocycles. The minimum absolute atomic E-state index is 0.0536. The fraction of sp³-hybridized carbons (Fsp3) is 0.312. The van der Waals surface area contributed by atoms with E-state index in [-0.39, 0.29) is 23.7 Å². The monoisotopic (exact) mass is 381 g/mol. The summed E-state index contributed by atoms with van der Waals surface area (Å²) in [6.07, 6.45) is 0. The summed E-state index contributed by atoms with van der Waals surface area (Å²) < 4.78 is 5.12. The van der Waals surface area contributed by atoms with Gasteiger partial charge in [-0.15, -0.1) is 0 Å². The van der Waals surface area contributed by atoms with E-state index in [1.54, 1.807) is 36.1 Å². The van der Waals surface area contributed by atoms with Crippen LogP contribution in [0.3, 0.4) is 0 Å². The Hall–Kier alpha value is -2.19. The van der Waals surface area contributed by atoms with Gasteiger partial charge in [0.05, 0.1) is 17.1 Å². The van der Waals surface area contributed by atoms with Crippen LogP contribution in [0.15, 0.2) is 46.4 Å². The third-order valence-electron chi connectivity index (χ3n) is 4.04. The zero-order valence-corrected chi connectivity index (χ0v) is 15.0. The minimum Gasteiger partial charge on any atom is -0.463 e. The molecule has 0 spiro atoms. The van der Waals surface area contributed by atoms with Gasteiger partial charge in [0.2, 0.25) is 0 Å². The van der Waals surface area contributed by atoms with Crippen molar-refractivity contribution in [3.63, 3.8) is 0 Å². The molecule has 2 aliphatic rings. The van der Waals surface area contributed by atoms with Gasteiger partial charge in [-0.1, -0.05) is 35.5 Å². The second kappa shape index (κ2) is 6.97. The predicted molar refractivity (Wildman–Crippen MR) is 95.2 cm³/mol. The zero-order chi connectivity index (χ0) is 18.1. The number of nitro groups is 1. The van der Waals surface area contributed by atoms with Crippen LogP contribution in [0.4, 0.5) is 0 Å². The summed E-state index contributed by atoms with van der Waals surface area (Å²) in [4.78, 5) is 25.6. The Morgan fingerprint density at radius 1 is 1.48 bits per heavy atom. The number of nitrogens with zero attached hydrogens (tertiary/aromatic N) is 2. The molecule has 7 nitrogen and oxygen atoms in total. The minimum atomic E-state index is -0.900. The maximum atomic E-state index is 12.6. The Morgan fingerprint density at radius 2 is 2.16 bits per heavy atom. The van der Waals surface area contributed by atoms with Crippen LogP contribution < -0.4 is 5.73 Å². The Bertz CT molecular complexity index is 791. The van der Waals surface area contributed by atoms with Crippen LogP contribution in [0.5, 0.6) is 0 Å². The van der Waals surface area contributed by atoms with Crippen LogP contribution in [0, 0.1) is 10.1 Å². The first-order chi connectivity index (χ1) is 12.0. The van der Waals surface area contributed by atoms with Gasteiger partial charge in [0.25, 0.3) is 5.70 Å². The predicted octanol–water partition coefficient (Wildman–Crippen LogP) is 2.67. The van der Waals surface area contributed by atoms with E-state index >= 15 is 0 Å². The zero-order valence-electron chi connectivity index (χ0n) is 13.4. The highest BCUT2D eigenvalue weighted by atomic mass is 35.5. The number of hydrogen-bond donors (Lipinski definition) is 1. The highest BCUT2D eigenvalue weighted by Gasteiger charge is 2.47. The first kappa shape index (κ1) is 17.6. The van der Waals surface area contributed by atoms with E-state index < -0.39 is 16.8 Å². The molecule has 9 heteroatoms. The average Bonchev–Trinajstić information content (AvgIpc) is 3.05. The number of benzene rings is 1. The molecule has 1 atom stereocenters. The number of halogens is 1. The van der Waals surface area contributed by atoms with Gasteiger partial charge < -0.3 is 15.4 Å². The van der Waals surface area contributed by atoms with Crippen molar-refractivity contribution in [1.82, 2.24) is 4.90 Å². The molecule has 0 bridgehead atoms. The van der Waals surface area contributed by atoms with E-state index in [0.29, 0.717) is 27.9 Å². The van der Waals surface area contributed by atoms with E-state index in [0.717, 1.165) is 0 Å². The molecule has 2 N–H and O–H groups in total. The summed E-state index contributed by atoms with van der Waals surface area (Å²) in [6, 6.07) is 6.59. The van der Waals surface area contributed by atoms with Gasteiger partial charge in [-0.2, -0.15) is 0 Å². The fourth-order valence-corrected chi connectivity index (χ4v) is 4.28. The average molecular weight is 382 g/mol. The van der Waals surface area contributed by atoms with Crippen molar-refractivity contribution in [2.75, 3.05) is 18.9 Å². The Kier molecular flexibility index (Phi) is 4.91. The summed E-state index contributed by atoms with van der Waals surface area (Å²) in [5.41, 5.74) is 6.84. The standard InChI is InChI=1S/C16H16ClN3O4S/c1-2-24-16(21)12-11(9-3-5-10(17)6-4-9)13(20(22)23)15-19(14(12)18)7-8-25-15/h3-6,11H,2,7-8,18H2,1H3. The van der Waals surface area contributed by atoms with Crippen LogP contribution in [0.25, 0.3) is 0 Å². The number of ether oxygens (including phenoxy) is 1. The molecule has 1 fully saturated rings. The smallest absolute Gasteiger partial charge is 0.338 e. The number of carbonyl (C=O) groups is 1. The van der Waals surface area contributed by atoms with E-state index in [1.807, 2.05) is 0 Å². The van der Waals surface area contributed by atoms with Gasteiger partial charge in [0, 0.05) is 17.3 Å². The molecule has 1 aromatic carbocycles. The van der Waals surface area contributed by atoms with Gasteiger partial charge in [-0.25, -0.2) is 4.79 Å². The van der Waals surface area contributed by atoms with Crippen LogP contribution in [0.1, 0.15) is 18.4 Å². The fourth-order valence-electron chi connectivity index (χ4n) is 3.00. The topological polar surface area (TPSA) is 98.7 Å². The van der Waals surface area contributed by atoms with Gasteiger partial charge in [0.15, 0.2) is 5.03 Å². The van der Waals surface area contributed by atoms with Crippen molar-refractivity contribution in [3.05, 3.63) is 67.1 Å². The molecule has 2 aliphatic heterocycles. The van der Waals surface area contributed by atoms with Crippen molar-refractivity contribution in [2.24, 2.45) is 5.73 Å². The van der Waals surface area contributed by atoms with Crippen LogP contribution >= 0.6 is 23.4 Å². The summed E-state index contributed by atoms with van der Waals surface area (Å²) in [6.45, 7) is 2.34. The molecule has 25 heavy (non-hydrogen) atoms. The lowest BCUT2D eigenvalue weighted by Gasteiger charge is -2.30. The van der Waals surface area contributed by atoms with E-state index in [4.69, 9.17) is 22.1 Å². The molecule has 2 heterocycles. The first-order valence-corrected chi connectivity index (χ1v) is 9.03. The molecular weight excluding hydrogens is 366 g/mol. The van der Waals surface area contributed by atoms with Gasteiger partial charge >= 0.3 is 5.97 Å². The van der Waals surface area contributed by atoms with Crippen molar-refractivity contribution in [1.29, 1.82) is 0 Å². The molecule has 132 valence electrons. The quantitative estimate of drug-likeness (QED) is 0.486. The number of nitrogens with two attached hydrogens (primary N) is 1. The summed E-state index contributed by atoms with van der Waals surface area (Å²) in [7, 11) is 0. The normalized spacial score (nSPS) is 19.9. The van der Waals surface area contributed by atoms with Crippen LogP contribution in [0.2, 0.25) is 5.02 Å². The Morgan fingerprint density at radius 3 is 2.76 bits per heavy atom. The molecule has 1 saturated heterocycles. The first-order valence-electron chi connectivity index (χ1n) is 7.66. The highest BCUT2D eigenvalue weighted by Crippen LogP contribution is 2.47. The van der Waals surface area contributed by atoms with Crippen LogP contribution in [-0.4, -0.2) is 34.7 Å². The number of allylic oxidation sites excluding steroid dienone is 1. The third kappa shape index (κ3) is 3.07. The summed E-state index contributed by atoms with van der Waals surface area (Å²) in [5.74, 6) is -0.668. The SMILES string of the molecule is CCOC(=O)C1=C(N)N2CCSC2=C([N+](=O)[O-])C1c1ccc(Cl)cc1. The molecule has 0 radical (unpaired) electrons. The molecule has 3 rings (SSSR count). The molecule has 1 aromatic rings. The Labute approximate surface area is 153 Å². The number of thioether (sulfide) groups is 1. The largest absolute Gasteiger partial charge is 0.463 e. The molecule has 0 amide bonds. The van der Waals surface area contributed by atoms with E-state index in [9.17, 15) is 14.9 Å². The number of fused-ring (bicyclic) bond motifs is 1. The van der Waals surface area contributed by atoms with Crippen molar-refractivity contribution < 1.29 is 14.5 Å². The number of hydrogen-bond acceptors (Lipinski definition) is 7. The second-order valence-electron chi connectivity index (χ2n) is 5.45. The third-order valence-corrected chi connectivity index (χ3v) is 5.38. The number of rotatable bonds is 4. The lowest BCUT2D eigenvalue weighted by atomic mass is 9.86. The molecule has 0 saturated carbocycles. The van der Waals surface area contributed by atoms with Gasteiger partial charge in [0.1, 0.15) is 11.7 Å². The van der Waals surface area contributed by atoms with E-state index in [2.05, 4.69) is 0 Å². The number of carbonyl (C=O) groups excluding carboxylic acids is 1. The second-order valence-corrected chi connectivity index (χ2v) is 6.97. The van der Waals surface area contributed by atoms with Crippen molar-refractivity contribution >= 4 is 29.3 Å². The maximum absolute atomic E-state index is 12.6. The van der Waals surface area contributed by atoms with Crippen LogP contribution in [-0.2, 0) is 9.53 Å². The molecular formula is C16H16ClN3O4S. The Balaban J connectivity index is 2.22. The van der Waals surface area contributed by atoms with Crippen molar-refractivity contribution in [2.45, 2.75) is 12.8 Å². The maximum Gasteiger partial charge on any atom is 0.338 e. The lowest BCUT2D eigenvalue weighted by molar-refractivity contribution is -0.431. The van der Waals surface area contributed by atoms with Gasteiger partial charge in [-0.05, 0) is 24.6 Å². The summed E-state index contributed by atoms with van der Waals surface area (Å²) in [5, 5.41) is 12.8. The summed E-state index contributed by atoms with van der Waals surface area (Å²) >= 11 is 7.30. The molecule has 0 aromatic heterocycles. The van der Waals surface area contributed by atoms with Gasteiger partial charge in [-0.3, -0.25) is 10.1 Å². The molecule has 1 unspecified atom stereocenters. The van der Waals surface area contributed by atoms with Crippen molar-refractivity contribution in [3.8, 4) is 0 Å². The lowest BCUT2D eigenvalue weighted by Crippen LogP contribution is -2.37.